The summed E-state index contributed by atoms with van der Waals surface area (Å²) in [5.41, 5.74) is 0. The first-order chi connectivity index (χ1) is 5.74. The van der Waals surface area contributed by atoms with Gasteiger partial charge in [0, 0.05) is 20.8 Å². The van der Waals surface area contributed by atoms with Crippen LogP contribution in [0, 0.1) is 0 Å². The minimum Gasteiger partial charge on any atom is -0.629 e. The fraction of sp³-hybridized carbons (Fsp3) is 0.857. The molecule has 0 radical (unpaired) electrons. The Morgan fingerprint density at radius 2 is 2.00 bits per heavy atom. The highest BCUT2D eigenvalue weighted by molar-refractivity contribution is 7.49. The maximum atomic E-state index is 11.1. The zero-order chi connectivity index (χ0) is 9.40. The Kier molecular flexibility index (Phi) is 7.65. The Balaban J connectivity index is 3.77. The Hall–Kier alpha value is 0.0100. The topological polar surface area (TPSA) is 50.8 Å². The van der Waals surface area contributed by atoms with E-state index in [0.717, 1.165) is 0 Å². The van der Waals surface area contributed by atoms with Gasteiger partial charge in [-0.1, -0.05) is 0 Å². The average molecular weight is 194 g/mol. The van der Waals surface area contributed by atoms with Gasteiger partial charge in [-0.3, -0.25) is 0 Å². The predicted molar refractivity (Wildman–Crippen MR) is 47.3 cm³/mol. The number of rotatable bonds is 6. The Labute approximate surface area is 73.9 Å². The molecule has 0 aliphatic carbocycles. The molecule has 0 aromatic heterocycles. The lowest BCUT2D eigenvalue weighted by molar-refractivity contribution is -0.157. The summed E-state index contributed by atoms with van der Waals surface area (Å²) in [6, 6.07) is 0. The van der Waals surface area contributed by atoms with E-state index < -0.39 is 14.1 Å². The highest BCUT2D eigenvalue weighted by Crippen LogP contribution is 2.10. The van der Waals surface area contributed by atoms with Crippen molar-refractivity contribution in [3.63, 3.8) is 0 Å². The zero-order valence-corrected chi connectivity index (χ0v) is 8.54. The van der Waals surface area contributed by atoms with E-state index in [1.807, 2.05) is 6.92 Å². The van der Waals surface area contributed by atoms with Crippen LogP contribution in [0.4, 0.5) is 0 Å². The van der Waals surface area contributed by atoms with Crippen molar-refractivity contribution in [3.05, 3.63) is 0 Å². The molecule has 0 fully saturated rings. The minimum atomic E-state index is -1.48. The van der Waals surface area contributed by atoms with Gasteiger partial charge in [-0.15, -0.1) is 0 Å². The second-order valence-electron chi connectivity index (χ2n) is 2.03. The molecule has 0 aliphatic rings. The number of ether oxygens (including phenoxy) is 3. The summed E-state index contributed by atoms with van der Waals surface area (Å²) in [7, 11) is 1.50. The van der Waals surface area contributed by atoms with Crippen LogP contribution in [-0.2, 0) is 14.2 Å². The summed E-state index contributed by atoms with van der Waals surface area (Å²) in [4.78, 5) is 11.1. The third-order valence-electron chi connectivity index (χ3n) is 1.18. The standard InChI is InChI=1S/C7H15O4P/c1-4-11-6-12(8)5-7(9-2)10-3/h5,7H,4,6H2,1-3H3. The summed E-state index contributed by atoms with van der Waals surface area (Å²) < 4.78 is 14.6. The average Bonchev–Trinajstić information content (AvgIpc) is 2.10. The van der Waals surface area contributed by atoms with E-state index in [1.165, 1.54) is 20.0 Å². The highest BCUT2D eigenvalue weighted by Gasteiger charge is 2.05. The molecule has 0 bridgehead atoms. The van der Waals surface area contributed by atoms with Gasteiger partial charge in [-0.2, -0.15) is 0 Å². The predicted octanol–water partition coefficient (Wildman–Crippen LogP) is 0.159. The normalized spacial score (nSPS) is 12.6. The van der Waals surface area contributed by atoms with Crippen LogP contribution in [0.5, 0.6) is 0 Å². The van der Waals surface area contributed by atoms with Crippen molar-refractivity contribution in [2.45, 2.75) is 13.2 Å². The third kappa shape index (κ3) is 5.63. The fourth-order valence-corrected chi connectivity index (χ4v) is 1.54. The zero-order valence-electron chi connectivity index (χ0n) is 7.65. The fourth-order valence-electron chi connectivity index (χ4n) is 0.578. The van der Waals surface area contributed by atoms with Crippen molar-refractivity contribution in [3.8, 4) is 0 Å². The van der Waals surface area contributed by atoms with Crippen LogP contribution in [0.2, 0.25) is 0 Å². The monoisotopic (exact) mass is 194 g/mol. The van der Waals surface area contributed by atoms with Crippen LogP contribution in [0.25, 0.3) is 0 Å². The van der Waals surface area contributed by atoms with Crippen LogP contribution in [-0.4, -0.2) is 39.3 Å². The van der Waals surface area contributed by atoms with Gasteiger partial charge in [0.1, 0.15) is 5.80 Å². The maximum absolute atomic E-state index is 11.1. The van der Waals surface area contributed by atoms with Gasteiger partial charge in [0.05, 0.1) is 7.77 Å². The largest absolute Gasteiger partial charge is 0.629 e. The van der Waals surface area contributed by atoms with Gasteiger partial charge in [-0.25, -0.2) is 0 Å². The maximum Gasteiger partial charge on any atom is 0.215 e. The van der Waals surface area contributed by atoms with Gasteiger partial charge < -0.3 is 19.1 Å². The number of hydrogen-bond donors (Lipinski definition) is 0. The number of hydrogen-bond acceptors (Lipinski definition) is 4. The van der Waals surface area contributed by atoms with E-state index >= 15 is 0 Å². The lowest BCUT2D eigenvalue weighted by Crippen LogP contribution is -2.16. The number of methoxy groups -OCH3 is 2. The van der Waals surface area contributed by atoms with E-state index in [1.54, 1.807) is 0 Å². The van der Waals surface area contributed by atoms with E-state index in [4.69, 9.17) is 14.2 Å². The van der Waals surface area contributed by atoms with Crippen molar-refractivity contribution < 1.29 is 19.1 Å². The van der Waals surface area contributed by atoms with Gasteiger partial charge in [0.15, 0.2) is 0 Å². The van der Waals surface area contributed by atoms with Gasteiger partial charge in [0.2, 0.25) is 12.6 Å². The van der Waals surface area contributed by atoms with Crippen molar-refractivity contribution in [2.75, 3.05) is 27.2 Å². The summed E-state index contributed by atoms with van der Waals surface area (Å²) in [6.07, 6.45) is -0.274. The van der Waals surface area contributed by atoms with Crippen LogP contribution in [0.1, 0.15) is 6.92 Å². The summed E-state index contributed by atoms with van der Waals surface area (Å²) in [6.45, 7) is 2.42. The molecule has 1 atom stereocenters. The lowest BCUT2D eigenvalue weighted by Gasteiger charge is -2.06. The van der Waals surface area contributed by atoms with Crippen LogP contribution >= 0.6 is 7.77 Å². The lowest BCUT2D eigenvalue weighted by atomic mass is 10.8. The molecule has 0 heterocycles. The summed E-state index contributed by atoms with van der Waals surface area (Å²) in [5, 5.41) is 0. The van der Waals surface area contributed by atoms with Gasteiger partial charge in [-0.05, 0) is 6.92 Å². The SMILES string of the molecule is CCOC[P+]([O-])=CC(OC)OC. The minimum absolute atomic E-state index is 0.231. The highest BCUT2D eigenvalue weighted by atomic mass is 31.1. The molecular weight excluding hydrogens is 179 g/mol. The molecule has 0 saturated carbocycles. The first-order valence-electron chi connectivity index (χ1n) is 3.66. The Morgan fingerprint density at radius 1 is 1.42 bits per heavy atom. The van der Waals surface area contributed by atoms with Gasteiger partial charge >= 0.3 is 0 Å². The first kappa shape index (κ1) is 12.0. The quantitative estimate of drug-likeness (QED) is 0.446. The first-order valence-corrected chi connectivity index (χ1v) is 5.18. The second kappa shape index (κ2) is 7.65. The molecule has 72 valence electrons. The Bertz CT molecular complexity index is 133. The molecule has 0 spiro atoms. The molecule has 0 aromatic carbocycles. The van der Waals surface area contributed by atoms with Gasteiger partial charge in [0.25, 0.3) is 0 Å². The molecule has 5 heteroatoms. The molecule has 0 aliphatic heterocycles. The molecule has 0 N–H and O–H groups in total. The second-order valence-corrected chi connectivity index (χ2v) is 3.42. The van der Waals surface area contributed by atoms with E-state index in [2.05, 4.69) is 0 Å². The van der Waals surface area contributed by atoms with Crippen molar-refractivity contribution in [2.24, 2.45) is 0 Å². The molecule has 0 amide bonds. The molecular formula is C7H15O4P. The summed E-state index contributed by atoms with van der Waals surface area (Å²) in [5.74, 6) is 1.49. The molecule has 4 nitrogen and oxygen atoms in total. The van der Waals surface area contributed by atoms with E-state index in [-0.39, 0.29) is 6.35 Å². The molecule has 0 aromatic rings. The Morgan fingerprint density at radius 3 is 2.42 bits per heavy atom. The summed E-state index contributed by atoms with van der Waals surface area (Å²) >= 11 is 0. The van der Waals surface area contributed by atoms with Crippen LogP contribution in [0.15, 0.2) is 0 Å². The van der Waals surface area contributed by atoms with Crippen molar-refractivity contribution >= 4 is 13.6 Å². The third-order valence-corrected chi connectivity index (χ3v) is 2.19. The van der Waals surface area contributed by atoms with Crippen molar-refractivity contribution in [1.82, 2.24) is 0 Å². The van der Waals surface area contributed by atoms with E-state index in [9.17, 15) is 4.89 Å². The molecule has 1 unspecified atom stereocenters. The molecule has 12 heavy (non-hydrogen) atoms. The van der Waals surface area contributed by atoms with Crippen LogP contribution in [0.3, 0.4) is 0 Å². The van der Waals surface area contributed by atoms with Crippen LogP contribution < -0.4 is 4.89 Å². The molecule has 0 saturated heterocycles. The smallest absolute Gasteiger partial charge is 0.215 e. The van der Waals surface area contributed by atoms with Crippen molar-refractivity contribution in [1.29, 1.82) is 0 Å². The molecule has 0 rings (SSSR count). The van der Waals surface area contributed by atoms with E-state index in [0.29, 0.717) is 6.61 Å².